The Morgan fingerprint density at radius 3 is 2.50 bits per heavy atom. The second-order valence-corrected chi connectivity index (χ2v) is 7.50. The summed E-state index contributed by atoms with van der Waals surface area (Å²) < 4.78 is 6.64. The molecule has 6 rings (SSSR count). The molecular formula is C24H15N3S. The minimum atomic E-state index is 1.01. The molecule has 0 aliphatic carbocycles. The van der Waals surface area contributed by atoms with Gasteiger partial charge in [0.25, 0.3) is 0 Å². The molecule has 0 aliphatic heterocycles. The third-order valence-corrected chi connectivity index (χ3v) is 5.86. The third kappa shape index (κ3) is 2.22. The Hall–Kier alpha value is -3.50. The van der Waals surface area contributed by atoms with Crippen LogP contribution in [0.2, 0.25) is 0 Å². The highest BCUT2D eigenvalue weighted by atomic mass is 32.1. The van der Waals surface area contributed by atoms with Crippen LogP contribution in [0.25, 0.3) is 49.6 Å². The van der Waals surface area contributed by atoms with E-state index in [-0.39, 0.29) is 0 Å². The summed E-state index contributed by atoms with van der Waals surface area (Å²) in [5.74, 6) is 0. The van der Waals surface area contributed by atoms with Crippen molar-refractivity contribution in [2.75, 3.05) is 0 Å². The number of pyridine rings is 1. The van der Waals surface area contributed by atoms with Crippen molar-refractivity contribution in [2.24, 2.45) is 0 Å². The van der Waals surface area contributed by atoms with Crippen LogP contribution < -0.4 is 0 Å². The van der Waals surface area contributed by atoms with Gasteiger partial charge in [0.15, 0.2) is 0 Å². The zero-order chi connectivity index (χ0) is 18.5. The van der Waals surface area contributed by atoms with E-state index in [9.17, 15) is 0 Å². The topological polar surface area (TPSA) is 30.2 Å². The van der Waals surface area contributed by atoms with Crippen molar-refractivity contribution in [1.29, 1.82) is 0 Å². The molecule has 6 aromatic rings. The van der Waals surface area contributed by atoms with Crippen molar-refractivity contribution in [2.45, 2.75) is 0 Å². The fourth-order valence-corrected chi connectivity index (χ4v) is 4.57. The number of rotatable bonds is 2. The lowest BCUT2D eigenvalue weighted by Gasteiger charge is -2.13. The maximum Gasteiger partial charge on any atom is 0.0847 e. The van der Waals surface area contributed by atoms with E-state index in [1.807, 2.05) is 16.1 Å². The molecule has 0 fully saturated rings. The molecule has 0 bridgehead atoms. The van der Waals surface area contributed by atoms with E-state index in [0.29, 0.717) is 0 Å². The van der Waals surface area contributed by atoms with Crippen LogP contribution in [0.1, 0.15) is 0 Å². The van der Waals surface area contributed by atoms with Crippen molar-refractivity contribution in [1.82, 2.24) is 14.0 Å². The molecule has 3 nitrogen and oxygen atoms in total. The normalized spacial score (nSPS) is 11.6. The van der Waals surface area contributed by atoms with Gasteiger partial charge >= 0.3 is 0 Å². The molecule has 0 N–H and O–H groups in total. The van der Waals surface area contributed by atoms with E-state index in [1.165, 1.54) is 38.8 Å². The molecule has 0 spiro atoms. The number of hydrogen-bond acceptors (Lipinski definition) is 3. The van der Waals surface area contributed by atoms with Crippen LogP contribution in [0.3, 0.4) is 0 Å². The second kappa shape index (κ2) is 6.01. The van der Waals surface area contributed by atoms with Gasteiger partial charge in [-0.1, -0.05) is 54.6 Å². The first-order valence-corrected chi connectivity index (χ1v) is 10.0. The summed E-state index contributed by atoms with van der Waals surface area (Å²) in [5, 5.41) is 10.2. The number of nitrogens with zero attached hydrogens (tertiary/aromatic N) is 3. The third-order valence-electron chi connectivity index (χ3n) is 5.30. The lowest BCUT2D eigenvalue weighted by Crippen LogP contribution is -1.94. The number of fused-ring (bicyclic) bond motifs is 6. The molecule has 0 radical (unpaired) electrons. The van der Waals surface area contributed by atoms with Gasteiger partial charge in [0, 0.05) is 21.7 Å². The summed E-state index contributed by atoms with van der Waals surface area (Å²) >= 11 is 1.48. The molecule has 0 unspecified atom stereocenters. The SMILES string of the molecule is c1ccc(-c2ccc3c(c2)c2c(-c4ccsn4)cccc2n2nccc32)cc1. The highest BCUT2D eigenvalue weighted by Crippen LogP contribution is 2.37. The van der Waals surface area contributed by atoms with Crippen LogP contribution in [0, 0.1) is 0 Å². The van der Waals surface area contributed by atoms with E-state index >= 15 is 0 Å². The van der Waals surface area contributed by atoms with Crippen LogP contribution in [0.4, 0.5) is 0 Å². The molecular weight excluding hydrogens is 362 g/mol. The predicted molar refractivity (Wildman–Crippen MR) is 117 cm³/mol. The van der Waals surface area contributed by atoms with Gasteiger partial charge < -0.3 is 0 Å². The Morgan fingerprint density at radius 1 is 0.714 bits per heavy atom. The summed E-state index contributed by atoms with van der Waals surface area (Å²) in [5.41, 5.74) is 6.81. The van der Waals surface area contributed by atoms with Crippen LogP contribution in [0.5, 0.6) is 0 Å². The highest BCUT2D eigenvalue weighted by molar-refractivity contribution is 7.03. The highest BCUT2D eigenvalue weighted by Gasteiger charge is 2.15. The maximum atomic E-state index is 4.60. The molecule has 28 heavy (non-hydrogen) atoms. The summed E-state index contributed by atoms with van der Waals surface area (Å²) in [6.07, 6.45) is 1.87. The molecule has 3 aromatic carbocycles. The van der Waals surface area contributed by atoms with Crippen molar-refractivity contribution >= 4 is 38.7 Å². The van der Waals surface area contributed by atoms with Crippen LogP contribution in [0.15, 0.2) is 90.4 Å². The largest absolute Gasteiger partial charge is 0.232 e. The van der Waals surface area contributed by atoms with E-state index in [4.69, 9.17) is 0 Å². The zero-order valence-electron chi connectivity index (χ0n) is 14.9. The van der Waals surface area contributed by atoms with Gasteiger partial charge in [-0.2, -0.15) is 9.47 Å². The number of benzene rings is 3. The van der Waals surface area contributed by atoms with Gasteiger partial charge in [0.2, 0.25) is 0 Å². The van der Waals surface area contributed by atoms with Crippen molar-refractivity contribution in [3.8, 4) is 22.4 Å². The van der Waals surface area contributed by atoms with E-state index in [2.05, 4.69) is 88.3 Å². The lowest BCUT2D eigenvalue weighted by molar-refractivity contribution is 1.01. The smallest absolute Gasteiger partial charge is 0.0847 e. The van der Waals surface area contributed by atoms with Gasteiger partial charge in [-0.3, -0.25) is 0 Å². The molecule has 0 aliphatic rings. The molecule has 132 valence electrons. The molecule has 3 heterocycles. The van der Waals surface area contributed by atoms with Gasteiger partial charge in [-0.25, -0.2) is 4.52 Å². The molecule has 0 atom stereocenters. The van der Waals surface area contributed by atoms with Crippen LogP contribution in [-0.4, -0.2) is 14.0 Å². The van der Waals surface area contributed by atoms with Crippen molar-refractivity contribution in [3.05, 3.63) is 90.4 Å². The van der Waals surface area contributed by atoms with E-state index < -0.39 is 0 Å². The Bertz CT molecular complexity index is 1450. The fraction of sp³-hybridized carbons (Fsp3) is 0. The summed E-state index contributed by atoms with van der Waals surface area (Å²) in [4.78, 5) is 0. The number of hydrogen-bond donors (Lipinski definition) is 0. The Labute approximate surface area is 165 Å². The lowest BCUT2D eigenvalue weighted by atomic mass is 9.95. The average molecular weight is 377 g/mol. The van der Waals surface area contributed by atoms with Gasteiger partial charge in [-0.05, 0) is 52.3 Å². The molecule has 0 saturated carbocycles. The molecule has 4 heteroatoms. The summed E-state index contributed by atoms with van der Waals surface area (Å²) in [6, 6.07) is 27.8. The minimum Gasteiger partial charge on any atom is -0.232 e. The quantitative estimate of drug-likeness (QED) is 0.325. The number of aromatic nitrogens is 3. The molecule has 0 amide bonds. The minimum absolute atomic E-state index is 1.01. The average Bonchev–Trinajstić information content (AvgIpc) is 3.46. The van der Waals surface area contributed by atoms with E-state index in [1.54, 1.807) is 0 Å². The van der Waals surface area contributed by atoms with Crippen molar-refractivity contribution < 1.29 is 0 Å². The van der Waals surface area contributed by atoms with Gasteiger partial charge in [-0.15, -0.1) is 0 Å². The Morgan fingerprint density at radius 2 is 1.64 bits per heavy atom. The maximum absolute atomic E-state index is 4.60. The first kappa shape index (κ1) is 15.5. The van der Waals surface area contributed by atoms with E-state index in [0.717, 1.165) is 22.3 Å². The second-order valence-electron chi connectivity index (χ2n) is 6.84. The standard InChI is InChI=1S/C24H15N3S/c1-2-5-16(6-3-1)17-9-10-18-20(15-17)24-19(21-12-14-28-26-21)7-4-8-23(24)27-22(18)11-13-25-27/h1-15H. The monoisotopic (exact) mass is 377 g/mol. The van der Waals surface area contributed by atoms with Gasteiger partial charge in [0.05, 0.1) is 22.9 Å². The van der Waals surface area contributed by atoms with Gasteiger partial charge in [0.1, 0.15) is 0 Å². The van der Waals surface area contributed by atoms with Crippen molar-refractivity contribution in [3.63, 3.8) is 0 Å². The molecule has 0 saturated heterocycles. The first-order valence-electron chi connectivity index (χ1n) is 9.18. The molecule has 3 aromatic heterocycles. The predicted octanol–water partition coefficient (Wildman–Crippen LogP) is 6.43. The fourth-order valence-electron chi connectivity index (χ4n) is 4.05. The Balaban J connectivity index is 1.81. The van der Waals surface area contributed by atoms with Crippen LogP contribution >= 0.6 is 11.5 Å². The first-order chi connectivity index (χ1) is 13.9. The summed E-state index contributed by atoms with van der Waals surface area (Å²) in [7, 11) is 0. The van der Waals surface area contributed by atoms with Crippen LogP contribution in [-0.2, 0) is 0 Å². The summed E-state index contributed by atoms with van der Waals surface area (Å²) in [6.45, 7) is 0. The zero-order valence-corrected chi connectivity index (χ0v) is 15.7. The Kier molecular flexibility index (Phi) is 3.34.